The van der Waals surface area contributed by atoms with E-state index in [1.165, 1.54) is 17.0 Å². The van der Waals surface area contributed by atoms with Crippen LogP contribution in [0.4, 0.5) is 5.69 Å². The van der Waals surface area contributed by atoms with E-state index >= 15 is 0 Å². The number of nitrogens with zero attached hydrogens (tertiary/aromatic N) is 2. The number of rotatable bonds is 15. The zero-order chi connectivity index (χ0) is 34.0. The Labute approximate surface area is 278 Å². The van der Waals surface area contributed by atoms with Gasteiger partial charge in [0.2, 0.25) is 11.8 Å². The van der Waals surface area contributed by atoms with Gasteiger partial charge in [-0.25, -0.2) is 8.42 Å². The molecule has 0 aliphatic carbocycles. The van der Waals surface area contributed by atoms with Gasteiger partial charge in [0.05, 0.1) is 17.7 Å². The van der Waals surface area contributed by atoms with Crippen LogP contribution in [0.15, 0.2) is 108 Å². The molecule has 248 valence electrons. The largest absolute Gasteiger partial charge is 0.497 e. The van der Waals surface area contributed by atoms with Crippen molar-refractivity contribution in [3.8, 4) is 17.2 Å². The van der Waals surface area contributed by atoms with E-state index in [0.29, 0.717) is 30.2 Å². The third-order valence-electron chi connectivity index (χ3n) is 7.55. The van der Waals surface area contributed by atoms with Gasteiger partial charge in [0.15, 0.2) is 0 Å². The molecule has 4 aromatic carbocycles. The van der Waals surface area contributed by atoms with E-state index < -0.39 is 28.5 Å². The molecule has 0 bridgehead atoms. The van der Waals surface area contributed by atoms with Crippen LogP contribution in [0.5, 0.6) is 17.2 Å². The van der Waals surface area contributed by atoms with Gasteiger partial charge >= 0.3 is 0 Å². The molecule has 0 radical (unpaired) electrons. The lowest BCUT2D eigenvalue weighted by atomic mass is 10.1. The minimum absolute atomic E-state index is 0.0431. The second-order valence-electron chi connectivity index (χ2n) is 11.7. The number of anilines is 1. The molecule has 0 aliphatic rings. The van der Waals surface area contributed by atoms with Crippen LogP contribution in [0.1, 0.15) is 38.3 Å². The van der Waals surface area contributed by atoms with Crippen LogP contribution < -0.4 is 19.1 Å². The first-order chi connectivity index (χ1) is 22.5. The Kier molecular flexibility index (Phi) is 12.0. The summed E-state index contributed by atoms with van der Waals surface area (Å²) in [5.74, 6) is 1.13. The number of aryl methyl sites for hydroxylation is 1. The van der Waals surface area contributed by atoms with Gasteiger partial charge in [-0.2, -0.15) is 0 Å². The monoisotopic (exact) mass is 657 g/mol. The number of nitrogens with one attached hydrogen (secondary N) is 1. The van der Waals surface area contributed by atoms with Crippen LogP contribution >= 0.6 is 0 Å². The molecule has 4 rings (SSSR count). The molecular formula is C37H43N3O6S. The number of methoxy groups -OCH3 is 1. The Morgan fingerprint density at radius 2 is 1.47 bits per heavy atom. The van der Waals surface area contributed by atoms with Crippen molar-refractivity contribution < 1.29 is 27.5 Å². The van der Waals surface area contributed by atoms with Crippen molar-refractivity contribution in [2.24, 2.45) is 5.92 Å². The summed E-state index contributed by atoms with van der Waals surface area (Å²) in [6.45, 7) is 7.67. The van der Waals surface area contributed by atoms with Crippen LogP contribution in [0, 0.1) is 12.8 Å². The Balaban J connectivity index is 1.73. The average Bonchev–Trinajstić information content (AvgIpc) is 3.07. The van der Waals surface area contributed by atoms with E-state index in [-0.39, 0.29) is 29.0 Å². The number of ether oxygens (including phenoxy) is 2. The average molecular weight is 658 g/mol. The first-order valence-electron chi connectivity index (χ1n) is 15.6. The van der Waals surface area contributed by atoms with E-state index in [0.717, 1.165) is 15.4 Å². The van der Waals surface area contributed by atoms with Crippen LogP contribution in [0.2, 0.25) is 0 Å². The van der Waals surface area contributed by atoms with Crippen LogP contribution in [0.25, 0.3) is 0 Å². The number of hydrogen-bond acceptors (Lipinski definition) is 6. The SMILES string of the molecule is CC[C@H](C(=O)NCC(C)C)N(Cc1cccc(OC)c1)C(=O)CN(c1ccc(Oc2ccccc2)cc1)S(=O)(=O)c1ccc(C)cc1. The highest BCUT2D eigenvalue weighted by atomic mass is 32.2. The summed E-state index contributed by atoms with van der Waals surface area (Å²) in [4.78, 5) is 29.3. The first kappa shape index (κ1) is 35.0. The van der Waals surface area contributed by atoms with E-state index in [1.807, 2.05) is 70.2 Å². The molecular weight excluding hydrogens is 614 g/mol. The molecule has 0 saturated carbocycles. The summed E-state index contributed by atoms with van der Waals surface area (Å²) < 4.78 is 40.8. The highest BCUT2D eigenvalue weighted by molar-refractivity contribution is 7.92. The molecule has 2 amide bonds. The number of sulfonamides is 1. The van der Waals surface area contributed by atoms with Crippen molar-refractivity contribution in [2.75, 3.05) is 24.5 Å². The number of benzene rings is 4. The van der Waals surface area contributed by atoms with E-state index in [2.05, 4.69) is 5.32 Å². The summed E-state index contributed by atoms with van der Waals surface area (Å²) >= 11 is 0. The summed E-state index contributed by atoms with van der Waals surface area (Å²) in [5, 5.41) is 2.95. The van der Waals surface area contributed by atoms with E-state index in [4.69, 9.17) is 9.47 Å². The first-order valence-corrected chi connectivity index (χ1v) is 17.1. The molecule has 0 saturated heterocycles. The zero-order valence-electron chi connectivity index (χ0n) is 27.6. The second kappa shape index (κ2) is 16.1. The van der Waals surface area contributed by atoms with Gasteiger partial charge in [-0.15, -0.1) is 0 Å². The molecule has 0 unspecified atom stereocenters. The van der Waals surface area contributed by atoms with Crippen molar-refractivity contribution in [3.63, 3.8) is 0 Å². The minimum atomic E-state index is -4.20. The molecule has 1 N–H and O–H groups in total. The highest BCUT2D eigenvalue weighted by Gasteiger charge is 2.33. The predicted octanol–water partition coefficient (Wildman–Crippen LogP) is 6.57. The molecule has 47 heavy (non-hydrogen) atoms. The Morgan fingerprint density at radius 3 is 2.09 bits per heavy atom. The van der Waals surface area contributed by atoms with Crippen LogP contribution in [-0.2, 0) is 26.2 Å². The normalized spacial score (nSPS) is 11.9. The third-order valence-corrected chi connectivity index (χ3v) is 9.34. The van der Waals surface area contributed by atoms with E-state index in [9.17, 15) is 18.0 Å². The van der Waals surface area contributed by atoms with Crippen molar-refractivity contribution in [1.29, 1.82) is 0 Å². The number of carbonyl (C=O) groups is 2. The summed E-state index contributed by atoms with van der Waals surface area (Å²) in [5.41, 5.74) is 1.91. The van der Waals surface area contributed by atoms with Crippen molar-refractivity contribution in [2.45, 2.75) is 51.6 Å². The Bertz CT molecular complexity index is 1730. The van der Waals surface area contributed by atoms with Crippen molar-refractivity contribution >= 4 is 27.5 Å². The van der Waals surface area contributed by atoms with Gasteiger partial charge in [-0.3, -0.25) is 13.9 Å². The molecule has 0 aromatic heterocycles. The summed E-state index contributed by atoms with van der Waals surface area (Å²) in [6, 6.07) is 28.7. The smallest absolute Gasteiger partial charge is 0.264 e. The Morgan fingerprint density at radius 1 is 0.830 bits per heavy atom. The molecule has 1 atom stereocenters. The number of para-hydroxylation sites is 1. The number of amides is 2. The maximum Gasteiger partial charge on any atom is 0.264 e. The molecule has 4 aromatic rings. The van der Waals surface area contributed by atoms with Gasteiger partial charge < -0.3 is 19.7 Å². The maximum absolute atomic E-state index is 14.4. The fourth-order valence-electron chi connectivity index (χ4n) is 4.98. The molecule has 0 heterocycles. The minimum Gasteiger partial charge on any atom is -0.497 e. The Hall–Kier alpha value is -4.83. The third kappa shape index (κ3) is 9.36. The van der Waals surface area contributed by atoms with Crippen LogP contribution in [0.3, 0.4) is 0 Å². The van der Waals surface area contributed by atoms with Gasteiger partial charge in [-0.1, -0.05) is 68.8 Å². The summed E-state index contributed by atoms with van der Waals surface area (Å²) in [7, 11) is -2.65. The summed E-state index contributed by atoms with van der Waals surface area (Å²) in [6.07, 6.45) is 0.329. The van der Waals surface area contributed by atoms with Gasteiger partial charge in [-0.05, 0) is 85.5 Å². The lowest BCUT2D eigenvalue weighted by Crippen LogP contribution is -2.52. The number of carbonyl (C=O) groups excluding carboxylic acids is 2. The molecule has 9 nitrogen and oxygen atoms in total. The fourth-order valence-corrected chi connectivity index (χ4v) is 6.39. The molecule has 10 heteroatoms. The van der Waals surface area contributed by atoms with Gasteiger partial charge in [0.25, 0.3) is 10.0 Å². The molecule has 0 aliphatic heterocycles. The number of hydrogen-bond donors (Lipinski definition) is 1. The van der Waals surface area contributed by atoms with Gasteiger partial charge in [0, 0.05) is 13.1 Å². The standard InChI is InChI=1S/C37H43N3O6S/c1-6-35(37(42)38-24-27(2)3)39(25-29-11-10-14-33(23-29)45-5)36(41)26-40(47(43,44)34-21-15-28(4)16-22-34)30-17-19-32(20-18-30)46-31-12-8-7-9-13-31/h7-23,27,35H,6,24-26H2,1-5H3,(H,38,42)/t35-/m1/s1. The lowest BCUT2D eigenvalue weighted by molar-refractivity contribution is -0.140. The van der Waals surface area contributed by atoms with Gasteiger partial charge in [0.1, 0.15) is 29.8 Å². The molecule has 0 fully saturated rings. The van der Waals surface area contributed by atoms with Crippen molar-refractivity contribution in [1.82, 2.24) is 10.2 Å². The topological polar surface area (TPSA) is 105 Å². The predicted molar refractivity (Wildman–Crippen MR) is 184 cm³/mol. The quantitative estimate of drug-likeness (QED) is 0.155. The second-order valence-corrected chi connectivity index (χ2v) is 13.5. The zero-order valence-corrected chi connectivity index (χ0v) is 28.4. The lowest BCUT2D eigenvalue weighted by Gasteiger charge is -2.33. The fraction of sp³-hybridized carbons (Fsp3) is 0.297. The highest BCUT2D eigenvalue weighted by Crippen LogP contribution is 2.29. The molecule has 0 spiro atoms. The van der Waals surface area contributed by atoms with E-state index in [1.54, 1.807) is 55.6 Å². The van der Waals surface area contributed by atoms with Crippen molar-refractivity contribution in [3.05, 3.63) is 114 Å². The van der Waals surface area contributed by atoms with Crippen LogP contribution in [-0.4, -0.2) is 51.4 Å². The maximum atomic E-state index is 14.4.